The van der Waals surface area contributed by atoms with Gasteiger partial charge in [0.15, 0.2) is 0 Å². The average Bonchev–Trinajstić information content (AvgIpc) is 2.87. The second-order valence-corrected chi connectivity index (χ2v) is 6.31. The van der Waals surface area contributed by atoms with E-state index in [4.69, 9.17) is 10.5 Å². The predicted molar refractivity (Wildman–Crippen MR) is 93.4 cm³/mol. The van der Waals surface area contributed by atoms with E-state index in [0.29, 0.717) is 17.9 Å². The van der Waals surface area contributed by atoms with Gasteiger partial charge in [-0.05, 0) is 30.2 Å². The number of hydrogen-bond acceptors (Lipinski definition) is 6. The van der Waals surface area contributed by atoms with Crippen molar-refractivity contribution in [2.45, 2.75) is 13.8 Å². The number of amides is 2. The van der Waals surface area contributed by atoms with Crippen molar-refractivity contribution in [1.29, 1.82) is 0 Å². The van der Waals surface area contributed by atoms with E-state index >= 15 is 0 Å². The normalized spacial score (nSPS) is 12.9. The lowest BCUT2D eigenvalue weighted by Gasteiger charge is -2.12. The zero-order valence-corrected chi connectivity index (χ0v) is 14.2. The van der Waals surface area contributed by atoms with E-state index in [1.165, 1.54) is 24.3 Å². The summed E-state index contributed by atoms with van der Waals surface area (Å²) in [6, 6.07) is 7.11. The molecule has 1 aromatic heterocycles. The Balaban J connectivity index is 1.97. The van der Waals surface area contributed by atoms with Gasteiger partial charge in [-0.15, -0.1) is 0 Å². The van der Waals surface area contributed by atoms with Crippen molar-refractivity contribution in [2.24, 2.45) is 5.92 Å². The molecule has 8 nitrogen and oxygen atoms in total. The number of benzene rings is 1. The molecule has 0 aliphatic carbocycles. The number of hydrogen-bond donors (Lipinski definition) is 2. The van der Waals surface area contributed by atoms with Gasteiger partial charge >= 0.3 is 5.97 Å². The monoisotopic (exact) mass is 355 g/mol. The number of nitrogen functional groups attached to an aromatic ring is 1. The second-order valence-electron chi connectivity index (χ2n) is 6.31. The number of carbonyl (C=O) groups is 3. The first kappa shape index (κ1) is 17.4. The quantitative estimate of drug-likeness (QED) is 0.626. The highest BCUT2D eigenvalue weighted by atomic mass is 16.5. The molecule has 2 aromatic rings. The maximum atomic E-state index is 12.3. The number of nitrogens with one attached hydrogen (secondary N) is 1. The van der Waals surface area contributed by atoms with Crippen molar-refractivity contribution in [1.82, 2.24) is 9.88 Å². The minimum Gasteiger partial charge on any atom is -0.462 e. The van der Waals surface area contributed by atoms with Gasteiger partial charge in [0, 0.05) is 6.07 Å². The molecule has 1 aromatic carbocycles. The molecule has 0 unspecified atom stereocenters. The van der Waals surface area contributed by atoms with E-state index in [1.54, 1.807) is 0 Å². The van der Waals surface area contributed by atoms with Gasteiger partial charge in [-0.2, -0.15) is 0 Å². The molecule has 0 radical (unpaired) electrons. The summed E-state index contributed by atoms with van der Waals surface area (Å²) in [5.74, 6) is -1.68. The number of rotatable bonds is 4. The van der Waals surface area contributed by atoms with Gasteiger partial charge in [-0.3, -0.25) is 24.3 Å². The molecule has 134 valence electrons. The minimum absolute atomic E-state index is 0.0324. The third-order valence-electron chi connectivity index (χ3n) is 3.86. The van der Waals surface area contributed by atoms with E-state index in [-0.39, 0.29) is 22.9 Å². The number of carbonyl (C=O) groups excluding carboxylic acids is 3. The highest BCUT2D eigenvalue weighted by molar-refractivity contribution is 6.23. The summed E-state index contributed by atoms with van der Waals surface area (Å²) >= 11 is 0. The smallest absolute Gasteiger partial charge is 0.338 e. The molecule has 0 fully saturated rings. The van der Waals surface area contributed by atoms with Gasteiger partial charge < -0.3 is 10.5 Å². The Bertz CT molecular complexity index is 974. The average molecular weight is 355 g/mol. The molecule has 1 aliphatic rings. The molecule has 0 spiro atoms. The van der Waals surface area contributed by atoms with Crippen LogP contribution in [0.4, 0.5) is 5.82 Å². The van der Waals surface area contributed by atoms with Crippen LogP contribution in [0.25, 0.3) is 5.69 Å². The number of nitrogens with zero attached hydrogens (tertiary/aromatic N) is 1. The molecule has 8 heteroatoms. The summed E-state index contributed by atoms with van der Waals surface area (Å²) in [4.78, 5) is 47.8. The van der Waals surface area contributed by atoms with Crippen LogP contribution >= 0.6 is 0 Å². The van der Waals surface area contributed by atoms with Gasteiger partial charge in [-0.1, -0.05) is 13.8 Å². The summed E-state index contributed by atoms with van der Waals surface area (Å²) < 4.78 is 6.26. The fourth-order valence-electron chi connectivity index (χ4n) is 2.62. The predicted octanol–water partition coefficient (Wildman–Crippen LogP) is 1.12. The van der Waals surface area contributed by atoms with E-state index in [9.17, 15) is 19.2 Å². The van der Waals surface area contributed by atoms with Crippen LogP contribution in [0.3, 0.4) is 0 Å². The zero-order valence-electron chi connectivity index (χ0n) is 14.2. The van der Waals surface area contributed by atoms with E-state index in [2.05, 4.69) is 5.32 Å². The Labute approximate surface area is 148 Å². The summed E-state index contributed by atoms with van der Waals surface area (Å²) in [5, 5.41) is 2.10. The van der Waals surface area contributed by atoms with E-state index < -0.39 is 23.3 Å². The topological polar surface area (TPSA) is 120 Å². The Morgan fingerprint density at radius 1 is 1.15 bits per heavy atom. The molecule has 2 amide bonds. The number of pyridine rings is 1. The lowest BCUT2D eigenvalue weighted by molar-refractivity contribution is 0.0458. The van der Waals surface area contributed by atoms with Gasteiger partial charge in [-0.25, -0.2) is 4.79 Å². The zero-order chi connectivity index (χ0) is 19.0. The molecule has 3 N–H and O–H groups in total. The number of anilines is 1. The maximum absolute atomic E-state index is 12.3. The Hall–Kier alpha value is -3.42. The number of imide groups is 1. The molecule has 3 rings (SSSR count). The number of nitrogens with two attached hydrogens (primary N) is 1. The summed E-state index contributed by atoms with van der Waals surface area (Å²) in [6.07, 6.45) is 0. The van der Waals surface area contributed by atoms with Crippen molar-refractivity contribution in [3.63, 3.8) is 0 Å². The van der Waals surface area contributed by atoms with Gasteiger partial charge in [0.05, 0.1) is 29.0 Å². The van der Waals surface area contributed by atoms with Crippen molar-refractivity contribution in [2.75, 3.05) is 12.3 Å². The number of fused-ring (bicyclic) bond motifs is 1. The first-order valence-corrected chi connectivity index (χ1v) is 7.98. The standard InChI is InChI=1S/C18H17N3O5/c1-9(2)8-26-18(25)10-3-5-11(6-4-10)21-13(22)7-12-14(15(21)19)17(24)20-16(12)23/h3-7,9H,8,19H2,1-2H3,(H,20,23,24). The lowest BCUT2D eigenvalue weighted by atomic mass is 10.1. The molecular formula is C18H17N3O5. The Kier molecular flexibility index (Phi) is 4.33. The van der Waals surface area contributed by atoms with Crippen LogP contribution in [-0.4, -0.2) is 29.0 Å². The summed E-state index contributed by atoms with van der Waals surface area (Å²) in [6.45, 7) is 4.17. The lowest BCUT2D eigenvalue weighted by Crippen LogP contribution is -2.24. The van der Waals surface area contributed by atoms with Crippen molar-refractivity contribution in [3.8, 4) is 5.69 Å². The van der Waals surface area contributed by atoms with Crippen molar-refractivity contribution < 1.29 is 19.1 Å². The molecule has 0 bridgehead atoms. The van der Waals surface area contributed by atoms with Gasteiger partial charge in [0.1, 0.15) is 5.82 Å². The van der Waals surface area contributed by atoms with Gasteiger partial charge in [0.25, 0.3) is 17.4 Å². The number of aromatic nitrogens is 1. The third kappa shape index (κ3) is 2.97. The summed E-state index contributed by atoms with van der Waals surface area (Å²) in [7, 11) is 0. The number of ether oxygens (including phenoxy) is 1. The van der Waals surface area contributed by atoms with E-state index in [0.717, 1.165) is 10.6 Å². The SMILES string of the molecule is CC(C)COC(=O)c1ccc(-n2c(N)c3c(cc2=O)C(=O)NC3=O)cc1. The van der Waals surface area contributed by atoms with Crippen LogP contribution < -0.4 is 16.6 Å². The van der Waals surface area contributed by atoms with Crippen molar-refractivity contribution in [3.05, 3.63) is 57.4 Å². The highest BCUT2D eigenvalue weighted by Gasteiger charge is 2.31. The Morgan fingerprint density at radius 3 is 2.42 bits per heavy atom. The molecule has 0 atom stereocenters. The largest absolute Gasteiger partial charge is 0.462 e. The minimum atomic E-state index is -0.649. The van der Waals surface area contributed by atoms with Crippen LogP contribution in [-0.2, 0) is 4.74 Å². The first-order valence-electron chi connectivity index (χ1n) is 7.98. The van der Waals surface area contributed by atoms with Crippen LogP contribution in [0, 0.1) is 5.92 Å². The highest BCUT2D eigenvalue weighted by Crippen LogP contribution is 2.23. The first-order chi connectivity index (χ1) is 12.3. The number of esters is 1. The molecule has 0 saturated heterocycles. The van der Waals surface area contributed by atoms with Crippen LogP contribution in [0.1, 0.15) is 44.9 Å². The summed E-state index contributed by atoms with van der Waals surface area (Å²) in [5.41, 5.74) is 6.02. The fourth-order valence-corrected chi connectivity index (χ4v) is 2.62. The van der Waals surface area contributed by atoms with Gasteiger partial charge in [0.2, 0.25) is 0 Å². The molecule has 1 aliphatic heterocycles. The fraction of sp³-hybridized carbons (Fsp3) is 0.222. The van der Waals surface area contributed by atoms with E-state index in [1.807, 2.05) is 13.8 Å². The van der Waals surface area contributed by atoms with Crippen LogP contribution in [0.5, 0.6) is 0 Å². The Morgan fingerprint density at radius 2 is 1.81 bits per heavy atom. The second kappa shape index (κ2) is 6.47. The molecule has 26 heavy (non-hydrogen) atoms. The van der Waals surface area contributed by atoms with Crippen LogP contribution in [0.15, 0.2) is 35.1 Å². The maximum Gasteiger partial charge on any atom is 0.338 e. The third-order valence-corrected chi connectivity index (χ3v) is 3.86. The molecule has 2 heterocycles. The van der Waals surface area contributed by atoms with Crippen molar-refractivity contribution >= 4 is 23.6 Å². The molecule has 0 saturated carbocycles. The van der Waals surface area contributed by atoms with Crippen LogP contribution in [0.2, 0.25) is 0 Å². The molecular weight excluding hydrogens is 338 g/mol.